The number of nitriles is 1. The number of carbonyl (C=O) groups excluding carboxylic acids is 1. The van der Waals surface area contributed by atoms with Gasteiger partial charge in [-0.05, 0) is 23.8 Å². The van der Waals surface area contributed by atoms with Crippen molar-refractivity contribution in [2.45, 2.75) is 20.8 Å². The van der Waals surface area contributed by atoms with Gasteiger partial charge in [-0.1, -0.05) is 48.8 Å². The van der Waals surface area contributed by atoms with Crippen LogP contribution in [-0.4, -0.2) is 5.78 Å². The minimum Gasteiger partial charge on any atom is -0.293 e. The highest BCUT2D eigenvalue weighted by molar-refractivity contribution is 9.10. The maximum absolute atomic E-state index is 12.0. The molecule has 88 valence electrons. The summed E-state index contributed by atoms with van der Waals surface area (Å²) >= 11 is 3.34. The number of carbonyl (C=O) groups is 1. The van der Waals surface area contributed by atoms with Gasteiger partial charge < -0.3 is 0 Å². The Morgan fingerprint density at radius 1 is 1.29 bits per heavy atom. The molecule has 0 aliphatic heterocycles. The standard InChI is InChI=1S/C14H14BrNO/c1-14(2,3)13(17)11(9-16)8-10-4-6-12(15)7-5-10/h4-8H,1-3H3. The molecule has 3 heteroatoms. The molecule has 0 spiro atoms. The van der Waals surface area contributed by atoms with Crippen LogP contribution in [0.3, 0.4) is 0 Å². The van der Waals surface area contributed by atoms with Crippen LogP contribution in [-0.2, 0) is 4.79 Å². The van der Waals surface area contributed by atoms with Crippen molar-refractivity contribution in [1.29, 1.82) is 5.26 Å². The molecule has 0 heterocycles. The topological polar surface area (TPSA) is 40.9 Å². The van der Waals surface area contributed by atoms with Crippen LogP contribution < -0.4 is 0 Å². The largest absolute Gasteiger partial charge is 0.293 e. The third-order valence-corrected chi connectivity index (χ3v) is 2.76. The van der Waals surface area contributed by atoms with Gasteiger partial charge >= 0.3 is 0 Å². The van der Waals surface area contributed by atoms with E-state index in [1.807, 2.05) is 51.1 Å². The average Bonchev–Trinajstić information content (AvgIpc) is 2.26. The van der Waals surface area contributed by atoms with E-state index in [-0.39, 0.29) is 11.4 Å². The summed E-state index contributed by atoms with van der Waals surface area (Å²) in [7, 11) is 0. The second-order valence-electron chi connectivity index (χ2n) is 4.80. The molecule has 0 radical (unpaired) electrons. The summed E-state index contributed by atoms with van der Waals surface area (Å²) in [5.74, 6) is -0.136. The number of ketones is 1. The Bertz CT molecular complexity index is 486. The van der Waals surface area contributed by atoms with Gasteiger partial charge in [0.05, 0.1) is 5.57 Å². The fourth-order valence-electron chi connectivity index (χ4n) is 1.28. The van der Waals surface area contributed by atoms with Gasteiger partial charge in [-0.3, -0.25) is 4.79 Å². The van der Waals surface area contributed by atoms with Crippen LogP contribution in [0, 0.1) is 16.7 Å². The van der Waals surface area contributed by atoms with Crippen molar-refractivity contribution < 1.29 is 4.79 Å². The van der Waals surface area contributed by atoms with Crippen molar-refractivity contribution >= 4 is 27.8 Å². The van der Waals surface area contributed by atoms with Crippen LogP contribution in [0.5, 0.6) is 0 Å². The summed E-state index contributed by atoms with van der Waals surface area (Å²) in [6, 6.07) is 9.44. The average molecular weight is 292 g/mol. The van der Waals surface area contributed by atoms with Crippen molar-refractivity contribution in [3.05, 3.63) is 39.9 Å². The Hall–Kier alpha value is -1.40. The first-order valence-corrected chi connectivity index (χ1v) is 6.06. The monoisotopic (exact) mass is 291 g/mol. The number of hydrogen-bond donors (Lipinski definition) is 0. The first-order valence-electron chi connectivity index (χ1n) is 5.27. The number of hydrogen-bond acceptors (Lipinski definition) is 2. The predicted octanol–water partition coefficient (Wildman–Crippen LogP) is 3.97. The Kier molecular flexibility index (Phi) is 4.25. The van der Waals surface area contributed by atoms with Gasteiger partial charge in [0, 0.05) is 9.89 Å². The van der Waals surface area contributed by atoms with E-state index in [0.29, 0.717) is 0 Å². The fraction of sp³-hybridized carbons (Fsp3) is 0.286. The lowest BCUT2D eigenvalue weighted by Crippen LogP contribution is -2.21. The smallest absolute Gasteiger partial charge is 0.178 e. The molecule has 17 heavy (non-hydrogen) atoms. The zero-order chi connectivity index (χ0) is 13.1. The lowest BCUT2D eigenvalue weighted by Gasteiger charge is -2.15. The van der Waals surface area contributed by atoms with Crippen LogP contribution in [0.1, 0.15) is 26.3 Å². The minimum absolute atomic E-state index is 0.136. The van der Waals surface area contributed by atoms with Crippen molar-refractivity contribution in [2.24, 2.45) is 5.41 Å². The van der Waals surface area contributed by atoms with E-state index in [1.54, 1.807) is 6.08 Å². The minimum atomic E-state index is -0.531. The van der Waals surface area contributed by atoms with Gasteiger partial charge in [0.25, 0.3) is 0 Å². The van der Waals surface area contributed by atoms with Gasteiger partial charge in [0.15, 0.2) is 5.78 Å². The lowest BCUT2D eigenvalue weighted by atomic mass is 9.86. The molecule has 0 amide bonds. The number of halogens is 1. The molecular weight excluding hydrogens is 278 g/mol. The number of nitrogens with zero attached hydrogens (tertiary/aromatic N) is 1. The molecule has 0 fully saturated rings. The summed E-state index contributed by atoms with van der Waals surface area (Å²) in [6.45, 7) is 5.42. The molecule has 1 aromatic rings. The van der Waals surface area contributed by atoms with E-state index in [2.05, 4.69) is 15.9 Å². The van der Waals surface area contributed by atoms with Gasteiger partial charge in [-0.15, -0.1) is 0 Å². The number of Topliss-reactive ketones (excluding diaryl/α,β-unsaturated/α-hetero) is 1. The second-order valence-corrected chi connectivity index (χ2v) is 5.72. The molecule has 0 saturated heterocycles. The van der Waals surface area contributed by atoms with Gasteiger partial charge in [-0.25, -0.2) is 0 Å². The molecule has 0 aliphatic rings. The first-order chi connectivity index (χ1) is 7.84. The highest BCUT2D eigenvalue weighted by atomic mass is 79.9. The lowest BCUT2D eigenvalue weighted by molar-refractivity contribution is -0.121. The Morgan fingerprint density at radius 2 is 1.82 bits per heavy atom. The van der Waals surface area contributed by atoms with Crippen molar-refractivity contribution in [1.82, 2.24) is 0 Å². The maximum Gasteiger partial charge on any atom is 0.178 e. The summed E-state index contributed by atoms with van der Waals surface area (Å²) in [5.41, 5.74) is 0.513. The molecule has 0 aromatic heterocycles. The van der Waals surface area contributed by atoms with Crippen LogP contribution >= 0.6 is 15.9 Å². The normalized spacial score (nSPS) is 12.1. The van der Waals surface area contributed by atoms with Crippen molar-refractivity contribution in [3.8, 4) is 6.07 Å². The highest BCUT2D eigenvalue weighted by Gasteiger charge is 2.24. The third-order valence-electron chi connectivity index (χ3n) is 2.23. The van der Waals surface area contributed by atoms with E-state index >= 15 is 0 Å². The zero-order valence-electron chi connectivity index (χ0n) is 10.1. The Labute approximate surface area is 110 Å². The SMILES string of the molecule is CC(C)(C)C(=O)C(C#N)=Cc1ccc(Br)cc1. The van der Waals surface area contributed by atoms with Crippen molar-refractivity contribution in [3.63, 3.8) is 0 Å². The maximum atomic E-state index is 12.0. The number of rotatable bonds is 2. The quantitative estimate of drug-likeness (QED) is 0.611. The van der Waals surface area contributed by atoms with Gasteiger partial charge in [0.2, 0.25) is 0 Å². The van der Waals surface area contributed by atoms with Crippen molar-refractivity contribution in [2.75, 3.05) is 0 Å². The molecule has 0 aliphatic carbocycles. The fourth-order valence-corrected chi connectivity index (χ4v) is 1.54. The van der Waals surface area contributed by atoms with Crippen LogP contribution in [0.2, 0.25) is 0 Å². The molecule has 0 N–H and O–H groups in total. The van der Waals surface area contributed by atoms with E-state index < -0.39 is 5.41 Å². The summed E-state index contributed by atoms with van der Waals surface area (Å²) in [6.07, 6.45) is 1.63. The van der Waals surface area contributed by atoms with Crippen LogP contribution in [0.4, 0.5) is 0 Å². The molecule has 0 atom stereocenters. The third kappa shape index (κ3) is 3.83. The molecule has 2 nitrogen and oxygen atoms in total. The van der Waals surface area contributed by atoms with E-state index in [0.717, 1.165) is 10.0 Å². The van der Waals surface area contributed by atoms with E-state index in [9.17, 15) is 4.79 Å². The first kappa shape index (κ1) is 13.7. The molecular formula is C14H14BrNO. The summed E-state index contributed by atoms with van der Waals surface area (Å²) in [5, 5.41) is 9.03. The van der Waals surface area contributed by atoms with E-state index in [1.165, 1.54) is 0 Å². The molecule has 1 aromatic carbocycles. The van der Waals surface area contributed by atoms with Gasteiger partial charge in [0.1, 0.15) is 6.07 Å². The number of allylic oxidation sites excluding steroid dienone is 1. The summed E-state index contributed by atoms with van der Waals surface area (Å²) in [4.78, 5) is 12.0. The Balaban J connectivity index is 3.08. The second kappa shape index (κ2) is 5.29. The van der Waals surface area contributed by atoms with Gasteiger partial charge in [-0.2, -0.15) is 5.26 Å². The summed E-state index contributed by atoms with van der Waals surface area (Å²) < 4.78 is 0.968. The number of benzene rings is 1. The zero-order valence-corrected chi connectivity index (χ0v) is 11.7. The predicted molar refractivity (Wildman–Crippen MR) is 72.2 cm³/mol. The molecule has 1 rings (SSSR count). The van der Waals surface area contributed by atoms with Crippen LogP contribution in [0.15, 0.2) is 34.3 Å². The molecule has 0 saturated carbocycles. The molecule has 0 bridgehead atoms. The van der Waals surface area contributed by atoms with Crippen LogP contribution in [0.25, 0.3) is 6.08 Å². The highest BCUT2D eigenvalue weighted by Crippen LogP contribution is 2.21. The molecule has 0 unspecified atom stereocenters. The Morgan fingerprint density at radius 3 is 2.24 bits per heavy atom. The van der Waals surface area contributed by atoms with E-state index in [4.69, 9.17) is 5.26 Å².